The van der Waals surface area contributed by atoms with E-state index in [1.165, 1.54) is 11.1 Å². The van der Waals surface area contributed by atoms with Crippen LogP contribution < -0.4 is 5.73 Å². The number of hydrogen-bond acceptors (Lipinski definition) is 3. The number of rotatable bonds is 2. The van der Waals surface area contributed by atoms with Crippen molar-refractivity contribution in [1.29, 1.82) is 0 Å². The van der Waals surface area contributed by atoms with Crippen molar-refractivity contribution >= 4 is 0 Å². The minimum Gasteiger partial charge on any atom is -0.376 e. The quantitative estimate of drug-likeness (QED) is 0.863. The van der Waals surface area contributed by atoms with Crippen LogP contribution in [0, 0.1) is 0 Å². The Morgan fingerprint density at radius 1 is 1.39 bits per heavy atom. The van der Waals surface area contributed by atoms with Crippen molar-refractivity contribution in [2.75, 3.05) is 19.7 Å². The highest BCUT2D eigenvalue weighted by Crippen LogP contribution is 2.33. The molecule has 2 aliphatic rings. The highest BCUT2D eigenvalue weighted by atomic mass is 16.5. The summed E-state index contributed by atoms with van der Waals surface area (Å²) in [7, 11) is 0. The SMILES string of the molecule is CCC1CN(C2Cc3ccccc3C2N)CCO1. The lowest BCUT2D eigenvalue weighted by molar-refractivity contribution is -0.0462. The van der Waals surface area contributed by atoms with Crippen molar-refractivity contribution in [3.8, 4) is 0 Å². The summed E-state index contributed by atoms with van der Waals surface area (Å²) in [5.74, 6) is 0. The van der Waals surface area contributed by atoms with Crippen molar-refractivity contribution in [2.24, 2.45) is 5.73 Å². The van der Waals surface area contributed by atoms with Crippen LogP contribution in [0.1, 0.15) is 30.5 Å². The zero-order valence-corrected chi connectivity index (χ0v) is 11.0. The van der Waals surface area contributed by atoms with E-state index < -0.39 is 0 Å². The molecule has 3 unspecified atom stereocenters. The Kier molecular flexibility index (Phi) is 3.37. The Morgan fingerprint density at radius 3 is 3.00 bits per heavy atom. The number of ether oxygens (including phenoxy) is 1. The first-order chi connectivity index (χ1) is 8.79. The second-order valence-electron chi connectivity index (χ2n) is 5.39. The molecule has 3 nitrogen and oxygen atoms in total. The van der Waals surface area contributed by atoms with Crippen LogP contribution in [0.5, 0.6) is 0 Å². The molecule has 1 aromatic rings. The molecule has 2 N–H and O–H groups in total. The average Bonchev–Trinajstić information content (AvgIpc) is 2.77. The van der Waals surface area contributed by atoms with Crippen molar-refractivity contribution in [2.45, 2.75) is 38.0 Å². The summed E-state index contributed by atoms with van der Waals surface area (Å²) in [5, 5.41) is 0. The predicted octanol–water partition coefficient (Wildman–Crippen LogP) is 1.72. The summed E-state index contributed by atoms with van der Waals surface area (Å²) >= 11 is 0. The maximum absolute atomic E-state index is 6.43. The maximum Gasteiger partial charge on any atom is 0.0700 e. The molecule has 1 heterocycles. The van der Waals surface area contributed by atoms with Gasteiger partial charge in [0.2, 0.25) is 0 Å². The monoisotopic (exact) mass is 246 g/mol. The van der Waals surface area contributed by atoms with E-state index in [0.29, 0.717) is 12.1 Å². The number of benzene rings is 1. The normalized spacial score (nSPS) is 32.4. The first kappa shape index (κ1) is 12.2. The van der Waals surface area contributed by atoms with Gasteiger partial charge in [0.15, 0.2) is 0 Å². The van der Waals surface area contributed by atoms with Gasteiger partial charge in [-0.15, -0.1) is 0 Å². The summed E-state index contributed by atoms with van der Waals surface area (Å²) in [6, 6.07) is 9.22. The molecule has 3 rings (SSSR count). The highest BCUT2D eigenvalue weighted by Gasteiger charge is 2.35. The first-order valence-corrected chi connectivity index (χ1v) is 6.98. The second-order valence-corrected chi connectivity index (χ2v) is 5.39. The number of hydrogen-bond donors (Lipinski definition) is 1. The van der Waals surface area contributed by atoms with Gasteiger partial charge in [-0.2, -0.15) is 0 Å². The Labute approximate surface area is 109 Å². The molecular weight excluding hydrogens is 224 g/mol. The third kappa shape index (κ3) is 2.07. The first-order valence-electron chi connectivity index (χ1n) is 6.98. The van der Waals surface area contributed by atoms with Crippen molar-refractivity contribution in [1.82, 2.24) is 4.90 Å². The van der Waals surface area contributed by atoms with Crippen LogP contribution in [0.25, 0.3) is 0 Å². The van der Waals surface area contributed by atoms with Crippen LogP contribution >= 0.6 is 0 Å². The fourth-order valence-electron chi connectivity index (χ4n) is 3.25. The van der Waals surface area contributed by atoms with Crippen LogP contribution in [-0.2, 0) is 11.2 Å². The lowest BCUT2D eigenvalue weighted by Gasteiger charge is -2.38. The van der Waals surface area contributed by atoms with E-state index in [2.05, 4.69) is 36.1 Å². The standard InChI is InChI=1S/C15H22N2O/c1-2-12-10-17(7-8-18-12)14-9-11-5-3-4-6-13(11)15(14)16/h3-6,12,14-15H,2,7-10,16H2,1H3. The highest BCUT2D eigenvalue weighted by molar-refractivity contribution is 5.36. The molecule has 1 saturated heterocycles. The molecule has 0 radical (unpaired) electrons. The molecule has 3 atom stereocenters. The van der Waals surface area contributed by atoms with Gasteiger partial charge in [0.25, 0.3) is 0 Å². The Bertz CT molecular complexity index is 421. The molecule has 0 bridgehead atoms. The minimum absolute atomic E-state index is 0.164. The minimum atomic E-state index is 0.164. The topological polar surface area (TPSA) is 38.5 Å². The lowest BCUT2D eigenvalue weighted by Crippen LogP contribution is -2.50. The number of morpholine rings is 1. The molecule has 3 heteroatoms. The predicted molar refractivity (Wildman–Crippen MR) is 72.5 cm³/mol. The molecule has 1 aromatic carbocycles. The number of fused-ring (bicyclic) bond motifs is 1. The van der Waals surface area contributed by atoms with Gasteiger partial charge in [0.05, 0.1) is 12.7 Å². The van der Waals surface area contributed by atoms with Crippen LogP contribution in [0.3, 0.4) is 0 Å². The van der Waals surface area contributed by atoms with E-state index in [1.54, 1.807) is 0 Å². The zero-order chi connectivity index (χ0) is 12.5. The van der Waals surface area contributed by atoms with Crippen LogP contribution in [0.15, 0.2) is 24.3 Å². The van der Waals surface area contributed by atoms with Crippen molar-refractivity contribution < 1.29 is 4.74 Å². The van der Waals surface area contributed by atoms with Crippen molar-refractivity contribution in [3.05, 3.63) is 35.4 Å². The third-order valence-corrected chi connectivity index (χ3v) is 4.35. The Balaban J connectivity index is 1.75. The van der Waals surface area contributed by atoms with Gasteiger partial charge in [-0.05, 0) is 24.0 Å². The molecule has 18 heavy (non-hydrogen) atoms. The van der Waals surface area contributed by atoms with Gasteiger partial charge < -0.3 is 10.5 Å². The molecule has 0 aromatic heterocycles. The fourth-order valence-corrected chi connectivity index (χ4v) is 3.25. The van der Waals surface area contributed by atoms with E-state index in [4.69, 9.17) is 10.5 Å². The van der Waals surface area contributed by atoms with Crippen LogP contribution in [0.2, 0.25) is 0 Å². The molecule has 0 spiro atoms. The van der Waals surface area contributed by atoms with Gasteiger partial charge in [0, 0.05) is 25.2 Å². The fraction of sp³-hybridized carbons (Fsp3) is 0.600. The largest absolute Gasteiger partial charge is 0.376 e. The number of nitrogens with zero attached hydrogens (tertiary/aromatic N) is 1. The van der Waals surface area contributed by atoms with Crippen molar-refractivity contribution in [3.63, 3.8) is 0 Å². The van der Waals surface area contributed by atoms with Gasteiger partial charge in [-0.3, -0.25) is 4.90 Å². The lowest BCUT2D eigenvalue weighted by atomic mass is 10.1. The second kappa shape index (κ2) is 5.00. The molecule has 1 fully saturated rings. The smallest absolute Gasteiger partial charge is 0.0700 e. The van der Waals surface area contributed by atoms with E-state index in [9.17, 15) is 0 Å². The summed E-state index contributed by atoms with van der Waals surface area (Å²) in [5.41, 5.74) is 9.19. The maximum atomic E-state index is 6.43. The van der Waals surface area contributed by atoms with E-state index >= 15 is 0 Å². The van der Waals surface area contributed by atoms with Gasteiger partial charge in [0.1, 0.15) is 0 Å². The molecule has 0 amide bonds. The summed E-state index contributed by atoms with van der Waals surface area (Å²) in [6.07, 6.45) is 2.56. The summed E-state index contributed by atoms with van der Waals surface area (Å²) in [6.45, 7) is 5.08. The van der Waals surface area contributed by atoms with E-state index in [1.807, 2.05) is 0 Å². The molecular formula is C15H22N2O. The van der Waals surface area contributed by atoms with E-state index in [-0.39, 0.29) is 6.04 Å². The van der Waals surface area contributed by atoms with Crippen LogP contribution in [0.4, 0.5) is 0 Å². The molecule has 0 saturated carbocycles. The van der Waals surface area contributed by atoms with Gasteiger partial charge in [-0.1, -0.05) is 31.2 Å². The average molecular weight is 246 g/mol. The molecule has 98 valence electrons. The Morgan fingerprint density at radius 2 is 2.22 bits per heavy atom. The summed E-state index contributed by atoms with van der Waals surface area (Å²) in [4.78, 5) is 2.53. The van der Waals surface area contributed by atoms with Gasteiger partial charge >= 0.3 is 0 Å². The van der Waals surface area contributed by atoms with Crippen LogP contribution in [-0.4, -0.2) is 36.7 Å². The zero-order valence-electron chi connectivity index (χ0n) is 11.0. The number of nitrogens with two attached hydrogens (primary N) is 1. The van der Waals surface area contributed by atoms with Gasteiger partial charge in [-0.25, -0.2) is 0 Å². The van der Waals surface area contributed by atoms with E-state index in [0.717, 1.165) is 32.5 Å². The Hall–Kier alpha value is -0.900. The summed E-state index contributed by atoms with van der Waals surface area (Å²) < 4.78 is 5.75. The third-order valence-electron chi connectivity index (χ3n) is 4.35. The molecule has 1 aliphatic heterocycles. The molecule has 1 aliphatic carbocycles.